The predicted octanol–water partition coefficient (Wildman–Crippen LogP) is 3.80. The lowest BCUT2D eigenvalue weighted by molar-refractivity contribution is 0.198. The zero-order valence-electron chi connectivity index (χ0n) is 20.2. The van der Waals surface area contributed by atoms with Gasteiger partial charge in [-0.2, -0.15) is 0 Å². The number of hydrogen-bond donors (Lipinski definition) is 3. The van der Waals surface area contributed by atoms with E-state index in [1.807, 2.05) is 38.1 Å². The standard InChI is InChI=1S/C24H25N7O4S2/c1-3-25-23(32)30-24-29-20-9-15(8-18(21(20)36-24)19-5-4-14(2)10-26-19)16-11-27-22(28-12-16)31-37(33,34)17-6-7-35-13-17/h4-5,8-12,17H,3,6-7,13H2,1-2H3,(H,27,28,31)(H2,25,29,30,32). The zero-order valence-corrected chi connectivity index (χ0v) is 21.8. The first-order valence-corrected chi connectivity index (χ1v) is 14.0. The molecule has 4 aromatic rings. The van der Waals surface area contributed by atoms with Crippen LogP contribution >= 0.6 is 11.3 Å². The third-order valence-corrected chi connectivity index (χ3v) is 8.52. The Morgan fingerprint density at radius 1 is 1.14 bits per heavy atom. The summed E-state index contributed by atoms with van der Waals surface area (Å²) >= 11 is 1.36. The normalized spacial score (nSPS) is 15.6. The van der Waals surface area contributed by atoms with Crippen molar-refractivity contribution in [3.05, 3.63) is 48.4 Å². The molecule has 0 spiro atoms. The number of anilines is 2. The summed E-state index contributed by atoms with van der Waals surface area (Å²) in [6.45, 7) is 4.89. The lowest BCUT2D eigenvalue weighted by atomic mass is 10.0. The summed E-state index contributed by atoms with van der Waals surface area (Å²) < 4.78 is 33.6. The molecule has 2 amide bonds. The maximum atomic E-state index is 12.5. The molecular weight excluding hydrogens is 514 g/mol. The summed E-state index contributed by atoms with van der Waals surface area (Å²) in [5.74, 6) is -0.000709. The Morgan fingerprint density at radius 2 is 1.95 bits per heavy atom. The van der Waals surface area contributed by atoms with Crippen molar-refractivity contribution in [1.82, 2.24) is 25.3 Å². The van der Waals surface area contributed by atoms with Gasteiger partial charge in [-0.25, -0.2) is 28.2 Å². The number of urea groups is 1. The second kappa shape index (κ2) is 10.4. The van der Waals surface area contributed by atoms with Crippen LogP contribution in [0.15, 0.2) is 42.9 Å². The van der Waals surface area contributed by atoms with Crippen molar-refractivity contribution in [2.24, 2.45) is 0 Å². The van der Waals surface area contributed by atoms with Crippen LogP contribution < -0.4 is 15.4 Å². The van der Waals surface area contributed by atoms with Gasteiger partial charge in [0.15, 0.2) is 5.13 Å². The van der Waals surface area contributed by atoms with Crippen molar-refractivity contribution in [1.29, 1.82) is 0 Å². The number of pyridine rings is 1. The molecule has 3 aromatic heterocycles. The van der Waals surface area contributed by atoms with Gasteiger partial charge in [0.2, 0.25) is 16.0 Å². The van der Waals surface area contributed by atoms with Gasteiger partial charge in [-0.1, -0.05) is 17.4 Å². The number of nitrogens with one attached hydrogen (secondary N) is 3. The number of benzene rings is 1. The Balaban J connectivity index is 1.50. The van der Waals surface area contributed by atoms with E-state index in [4.69, 9.17) is 4.74 Å². The number of carbonyl (C=O) groups excluding carboxylic acids is 1. The Kier molecular flexibility index (Phi) is 7.00. The van der Waals surface area contributed by atoms with E-state index in [-0.39, 0.29) is 18.6 Å². The highest BCUT2D eigenvalue weighted by Gasteiger charge is 2.30. The van der Waals surface area contributed by atoms with Crippen LogP contribution in [0.4, 0.5) is 15.9 Å². The van der Waals surface area contributed by atoms with Crippen LogP contribution in [0.1, 0.15) is 18.9 Å². The molecular formula is C24H25N7O4S2. The van der Waals surface area contributed by atoms with Gasteiger partial charge in [0.05, 0.1) is 22.5 Å². The van der Waals surface area contributed by atoms with E-state index in [2.05, 4.69) is 35.3 Å². The van der Waals surface area contributed by atoms with E-state index >= 15 is 0 Å². The Hall–Kier alpha value is -3.68. The van der Waals surface area contributed by atoms with Gasteiger partial charge in [-0.3, -0.25) is 15.0 Å². The van der Waals surface area contributed by atoms with Crippen LogP contribution in [-0.2, 0) is 14.8 Å². The van der Waals surface area contributed by atoms with Crippen molar-refractivity contribution >= 4 is 48.7 Å². The number of aryl methyl sites for hydroxylation is 1. The first kappa shape index (κ1) is 25.0. The molecule has 5 rings (SSSR count). The highest BCUT2D eigenvalue weighted by atomic mass is 32.2. The number of amides is 2. The third-order valence-electron chi connectivity index (χ3n) is 5.78. The Bertz CT molecular complexity index is 1530. The van der Waals surface area contributed by atoms with E-state index in [0.717, 1.165) is 27.1 Å². The third kappa shape index (κ3) is 5.53. The molecule has 192 valence electrons. The van der Waals surface area contributed by atoms with Gasteiger partial charge in [0, 0.05) is 42.9 Å². The fourth-order valence-electron chi connectivity index (χ4n) is 3.87. The summed E-state index contributed by atoms with van der Waals surface area (Å²) in [5, 5.41) is 5.31. The summed E-state index contributed by atoms with van der Waals surface area (Å²) in [5.41, 5.74) is 4.77. The maximum absolute atomic E-state index is 12.5. The number of aromatic nitrogens is 4. The van der Waals surface area contributed by atoms with Crippen LogP contribution in [0.5, 0.6) is 0 Å². The quantitative estimate of drug-likeness (QED) is 0.321. The van der Waals surface area contributed by atoms with Crippen LogP contribution in [-0.4, -0.2) is 59.4 Å². The molecule has 1 saturated heterocycles. The second-order valence-electron chi connectivity index (χ2n) is 8.52. The van der Waals surface area contributed by atoms with E-state index in [1.165, 1.54) is 11.3 Å². The Morgan fingerprint density at radius 3 is 2.62 bits per heavy atom. The van der Waals surface area contributed by atoms with Crippen molar-refractivity contribution in [3.63, 3.8) is 0 Å². The summed E-state index contributed by atoms with van der Waals surface area (Å²) in [4.78, 5) is 29.7. The lowest BCUT2D eigenvalue weighted by Gasteiger charge is -2.11. The highest BCUT2D eigenvalue weighted by Crippen LogP contribution is 2.38. The molecule has 1 aromatic carbocycles. The average molecular weight is 540 g/mol. The first-order valence-electron chi connectivity index (χ1n) is 11.7. The molecule has 1 unspecified atom stereocenters. The Labute approximate surface area is 217 Å². The zero-order chi connectivity index (χ0) is 26.0. The molecule has 1 fully saturated rings. The van der Waals surface area contributed by atoms with E-state index in [0.29, 0.717) is 35.8 Å². The smallest absolute Gasteiger partial charge is 0.321 e. The van der Waals surface area contributed by atoms with Gasteiger partial charge >= 0.3 is 6.03 Å². The fourth-order valence-corrected chi connectivity index (χ4v) is 6.04. The maximum Gasteiger partial charge on any atom is 0.321 e. The largest absolute Gasteiger partial charge is 0.380 e. The van der Waals surface area contributed by atoms with Gasteiger partial charge in [0.25, 0.3) is 0 Å². The number of fused-ring (bicyclic) bond motifs is 1. The van der Waals surface area contributed by atoms with Crippen LogP contribution in [0.3, 0.4) is 0 Å². The first-order chi connectivity index (χ1) is 17.8. The second-order valence-corrected chi connectivity index (χ2v) is 11.5. The molecule has 4 heterocycles. The van der Waals surface area contributed by atoms with E-state index in [9.17, 15) is 13.2 Å². The van der Waals surface area contributed by atoms with Crippen LogP contribution in [0, 0.1) is 6.92 Å². The molecule has 11 nitrogen and oxygen atoms in total. The average Bonchev–Trinajstić information content (AvgIpc) is 3.55. The van der Waals surface area contributed by atoms with Crippen LogP contribution in [0.25, 0.3) is 32.6 Å². The number of hydrogen-bond acceptors (Lipinski definition) is 9. The SMILES string of the molecule is CCNC(=O)Nc1nc2cc(-c3cnc(NS(=O)(=O)C4CCOC4)nc3)cc(-c3ccc(C)cn3)c2s1. The minimum absolute atomic E-state index is 0.000709. The number of nitrogens with zero attached hydrogens (tertiary/aromatic N) is 4. The molecule has 0 saturated carbocycles. The number of thiazole rings is 1. The van der Waals surface area contributed by atoms with Crippen LogP contribution in [0.2, 0.25) is 0 Å². The number of rotatable bonds is 7. The van der Waals surface area contributed by atoms with Gasteiger partial charge in [0.1, 0.15) is 5.25 Å². The predicted molar refractivity (Wildman–Crippen MR) is 143 cm³/mol. The number of carbonyl (C=O) groups is 1. The summed E-state index contributed by atoms with van der Waals surface area (Å²) in [6, 6.07) is 7.44. The monoisotopic (exact) mass is 539 g/mol. The molecule has 13 heteroatoms. The van der Waals surface area contributed by atoms with Gasteiger partial charge in [-0.15, -0.1) is 0 Å². The molecule has 37 heavy (non-hydrogen) atoms. The topological polar surface area (TPSA) is 148 Å². The molecule has 0 bridgehead atoms. The molecule has 1 atom stereocenters. The summed E-state index contributed by atoms with van der Waals surface area (Å²) in [6.07, 6.45) is 5.35. The molecule has 0 aliphatic carbocycles. The van der Waals surface area contributed by atoms with E-state index < -0.39 is 15.3 Å². The highest BCUT2D eigenvalue weighted by molar-refractivity contribution is 7.93. The van der Waals surface area contributed by atoms with Gasteiger partial charge in [-0.05, 0) is 49.6 Å². The minimum Gasteiger partial charge on any atom is -0.380 e. The fraction of sp³-hybridized carbons (Fsp3) is 0.292. The van der Waals surface area contributed by atoms with E-state index in [1.54, 1.807) is 18.6 Å². The van der Waals surface area contributed by atoms with Crippen molar-refractivity contribution in [3.8, 4) is 22.4 Å². The summed E-state index contributed by atoms with van der Waals surface area (Å²) in [7, 11) is -3.63. The van der Waals surface area contributed by atoms with Crippen molar-refractivity contribution in [2.75, 3.05) is 29.8 Å². The molecule has 3 N–H and O–H groups in total. The minimum atomic E-state index is -3.63. The lowest BCUT2D eigenvalue weighted by Crippen LogP contribution is -2.28. The van der Waals surface area contributed by atoms with Crippen molar-refractivity contribution < 1.29 is 17.9 Å². The number of ether oxygens (including phenoxy) is 1. The number of sulfonamides is 1. The van der Waals surface area contributed by atoms with Gasteiger partial charge < -0.3 is 10.1 Å². The molecule has 1 aliphatic rings. The van der Waals surface area contributed by atoms with Crippen molar-refractivity contribution in [2.45, 2.75) is 25.5 Å². The molecule has 1 aliphatic heterocycles. The molecule has 0 radical (unpaired) electrons.